The van der Waals surface area contributed by atoms with Crippen LogP contribution in [0.5, 0.6) is 5.75 Å². The van der Waals surface area contributed by atoms with Crippen LogP contribution in [0.1, 0.15) is 34.3 Å². The Morgan fingerprint density at radius 3 is 2.51 bits per heavy atom. The van der Waals surface area contributed by atoms with Crippen LogP contribution in [0.4, 0.5) is 0 Å². The summed E-state index contributed by atoms with van der Waals surface area (Å²) < 4.78 is 6.48. The zero-order chi connectivity index (χ0) is 24.5. The predicted molar refractivity (Wildman–Crippen MR) is 138 cm³/mol. The van der Waals surface area contributed by atoms with Gasteiger partial charge in [0.2, 0.25) is 0 Å². The van der Waals surface area contributed by atoms with E-state index in [0.29, 0.717) is 12.0 Å². The number of fused-ring (bicyclic) bond motifs is 3. The smallest absolute Gasteiger partial charge is 0.302 e. The van der Waals surface area contributed by atoms with Crippen LogP contribution in [0, 0.1) is 0 Å². The third kappa shape index (κ3) is 4.37. The molecule has 1 aliphatic rings. The third-order valence-corrected chi connectivity index (χ3v) is 6.90. The number of phenolic OH excluding ortho intramolecular Hbond substituents is 1. The van der Waals surface area contributed by atoms with E-state index in [-0.39, 0.29) is 24.2 Å². The minimum Gasteiger partial charge on any atom is -0.507 e. The minimum absolute atomic E-state index is 0.164. The van der Waals surface area contributed by atoms with Gasteiger partial charge in [0.15, 0.2) is 6.29 Å². The molecule has 1 aliphatic carbocycles. The molecule has 35 heavy (non-hydrogen) atoms. The van der Waals surface area contributed by atoms with Crippen molar-refractivity contribution in [1.29, 1.82) is 0 Å². The Kier molecular flexibility index (Phi) is 6.22. The highest BCUT2D eigenvalue weighted by Crippen LogP contribution is 2.50. The van der Waals surface area contributed by atoms with Gasteiger partial charge in [-0.25, -0.2) is 0 Å². The van der Waals surface area contributed by atoms with Crippen molar-refractivity contribution >= 4 is 28.2 Å². The van der Waals surface area contributed by atoms with Gasteiger partial charge in [-0.2, -0.15) is 0 Å². The van der Waals surface area contributed by atoms with Crippen molar-refractivity contribution < 1.29 is 19.4 Å². The summed E-state index contributed by atoms with van der Waals surface area (Å²) in [6.07, 6.45) is 2.93. The Hall–Kier alpha value is -3.77. The number of hydrogen-bond acceptors (Lipinski definition) is 5. The average molecular weight is 528 g/mol. The van der Waals surface area contributed by atoms with Crippen molar-refractivity contribution in [2.24, 2.45) is 0 Å². The van der Waals surface area contributed by atoms with Crippen LogP contribution < -0.4 is 0 Å². The first-order chi connectivity index (χ1) is 17.0. The van der Waals surface area contributed by atoms with Crippen LogP contribution in [0.15, 0.2) is 77.4 Å². The van der Waals surface area contributed by atoms with E-state index in [0.717, 1.165) is 55.4 Å². The quantitative estimate of drug-likeness (QED) is 0.234. The maximum Gasteiger partial charge on any atom is 0.302 e. The Bertz CT molecular complexity index is 1430. The fourth-order valence-electron chi connectivity index (χ4n) is 4.82. The molecule has 174 valence electrons. The third-order valence-electron chi connectivity index (χ3n) is 6.37. The second-order valence-electron chi connectivity index (χ2n) is 8.56. The second kappa shape index (κ2) is 9.47. The molecule has 0 radical (unpaired) electrons. The van der Waals surface area contributed by atoms with Gasteiger partial charge in [-0.3, -0.25) is 14.6 Å². The SMILES string of the molecule is CC(=O)OCC1Cc2c(-c3ccc(C=O)cn3)cccc2-c2c(O)ccc(-c3ccc(Br)cc3)c21. The standard InChI is InChI=1S/C29H22BrNO4/c1-17(33)35-16-20-13-25-23(26-11-5-18(15-32)14-31-26)3-2-4-24(25)29-27(34)12-10-22(28(20)29)19-6-8-21(30)9-7-19/h2-12,14-15,20,34H,13,16H2,1H3. The Morgan fingerprint density at radius 2 is 1.83 bits per heavy atom. The Balaban J connectivity index is 1.73. The van der Waals surface area contributed by atoms with E-state index in [1.54, 1.807) is 18.3 Å². The molecule has 1 unspecified atom stereocenters. The molecule has 0 bridgehead atoms. The molecule has 4 aromatic rings. The highest BCUT2D eigenvalue weighted by molar-refractivity contribution is 9.10. The number of carbonyl (C=O) groups is 2. The number of halogens is 1. The van der Waals surface area contributed by atoms with Crippen LogP contribution >= 0.6 is 15.9 Å². The molecule has 0 saturated heterocycles. The summed E-state index contributed by atoms with van der Waals surface area (Å²) in [6.45, 7) is 1.60. The topological polar surface area (TPSA) is 76.5 Å². The maximum absolute atomic E-state index is 11.7. The van der Waals surface area contributed by atoms with E-state index < -0.39 is 0 Å². The number of aldehydes is 1. The number of carbonyl (C=O) groups excluding carboxylic acids is 2. The van der Waals surface area contributed by atoms with Crippen molar-refractivity contribution in [2.75, 3.05) is 6.61 Å². The molecule has 5 rings (SSSR count). The van der Waals surface area contributed by atoms with Crippen molar-refractivity contribution in [3.8, 4) is 39.3 Å². The second-order valence-corrected chi connectivity index (χ2v) is 9.47. The number of esters is 1. The monoisotopic (exact) mass is 527 g/mol. The fraction of sp³-hybridized carbons (Fsp3) is 0.138. The van der Waals surface area contributed by atoms with Gasteiger partial charge in [0.05, 0.1) is 12.3 Å². The van der Waals surface area contributed by atoms with Crippen molar-refractivity contribution in [3.63, 3.8) is 0 Å². The molecule has 3 aromatic carbocycles. The number of benzene rings is 3. The highest BCUT2D eigenvalue weighted by Gasteiger charge is 2.32. The van der Waals surface area contributed by atoms with Crippen molar-refractivity contribution in [1.82, 2.24) is 4.98 Å². The van der Waals surface area contributed by atoms with E-state index in [2.05, 4.69) is 20.9 Å². The van der Waals surface area contributed by atoms with Gasteiger partial charge in [0, 0.05) is 40.2 Å². The van der Waals surface area contributed by atoms with E-state index in [9.17, 15) is 14.7 Å². The lowest BCUT2D eigenvalue weighted by Crippen LogP contribution is -2.20. The summed E-state index contributed by atoms with van der Waals surface area (Å²) in [5, 5.41) is 11.1. The Morgan fingerprint density at radius 1 is 1.06 bits per heavy atom. The summed E-state index contributed by atoms with van der Waals surface area (Å²) in [6, 6.07) is 21.2. The maximum atomic E-state index is 11.7. The van der Waals surface area contributed by atoms with Crippen molar-refractivity contribution in [3.05, 3.63) is 94.1 Å². The summed E-state index contributed by atoms with van der Waals surface area (Å²) >= 11 is 3.49. The number of hydrogen-bond donors (Lipinski definition) is 1. The lowest BCUT2D eigenvalue weighted by atomic mass is 9.74. The van der Waals surface area contributed by atoms with E-state index >= 15 is 0 Å². The molecular formula is C29H22BrNO4. The summed E-state index contributed by atoms with van der Waals surface area (Å²) in [4.78, 5) is 27.3. The number of ether oxygens (including phenoxy) is 1. The molecule has 0 fully saturated rings. The summed E-state index contributed by atoms with van der Waals surface area (Å²) in [7, 11) is 0. The zero-order valence-corrected chi connectivity index (χ0v) is 20.6. The zero-order valence-electron chi connectivity index (χ0n) is 19.0. The number of nitrogens with zero attached hydrogens (tertiary/aromatic N) is 1. The number of aromatic hydroxyl groups is 1. The molecule has 0 amide bonds. The molecule has 0 aliphatic heterocycles. The molecule has 1 N–H and O–H groups in total. The van der Waals surface area contributed by atoms with Gasteiger partial charge >= 0.3 is 5.97 Å². The molecule has 1 heterocycles. The normalized spacial score (nSPS) is 14.1. The molecule has 6 heteroatoms. The highest BCUT2D eigenvalue weighted by atomic mass is 79.9. The van der Waals surface area contributed by atoms with E-state index in [1.165, 1.54) is 6.92 Å². The largest absolute Gasteiger partial charge is 0.507 e. The fourth-order valence-corrected chi connectivity index (χ4v) is 5.08. The number of aromatic nitrogens is 1. The first-order valence-electron chi connectivity index (χ1n) is 11.2. The summed E-state index contributed by atoms with van der Waals surface area (Å²) in [5.41, 5.74) is 7.83. The van der Waals surface area contributed by atoms with E-state index in [4.69, 9.17) is 4.74 Å². The van der Waals surface area contributed by atoms with Crippen LogP contribution in [-0.2, 0) is 16.0 Å². The Labute approximate surface area is 211 Å². The number of pyridine rings is 1. The van der Waals surface area contributed by atoms with Gasteiger partial charge in [0.1, 0.15) is 5.75 Å². The van der Waals surface area contributed by atoms with Crippen LogP contribution in [0.25, 0.3) is 33.5 Å². The van der Waals surface area contributed by atoms with Crippen LogP contribution in [0.2, 0.25) is 0 Å². The first kappa shape index (κ1) is 23.0. The minimum atomic E-state index is -0.345. The molecular weight excluding hydrogens is 506 g/mol. The van der Waals surface area contributed by atoms with Gasteiger partial charge < -0.3 is 9.84 Å². The van der Waals surface area contributed by atoms with Gasteiger partial charge in [-0.1, -0.05) is 52.3 Å². The van der Waals surface area contributed by atoms with E-state index in [1.807, 2.05) is 54.6 Å². The molecule has 1 atom stereocenters. The average Bonchev–Trinajstić information content (AvgIpc) is 2.87. The molecule has 0 spiro atoms. The lowest BCUT2D eigenvalue weighted by Gasteiger charge is -2.31. The first-order valence-corrected chi connectivity index (χ1v) is 12.0. The van der Waals surface area contributed by atoms with Gasteiger partial charge in [-0.05, 0) is 64.6 Å². The van der Waals surface area contributed by atoms with Gasteiger partial charge in [-0.15, -0.1) is 0 Å². The molecule has 1 aromatic heterocycles. The predicted octanol–water partition coefficient (Wildman–Crippen LogP) is 6.57. The summed E-state index contributed by atoms with van der Waals surface area (Å²) in [5.74, 6) is -0.333. The van der Waals surface area contributed by atoms with Crippen LogP contribution in [-0.4, -0.2) is 29.0 Å². The lowest BCUT2D eigenvalue weighted by molar-refractivity contribution is -0.141. The van der Waals surface area contributed by atoms with Crippen molar-refractivity contribution in [2.45, 2.75) is 19.3 Å². The number of phenols is 1. The molecule has 0 saturated carbocycles. The van der Waals surface area contributed by atoms with Crippen LogP contribution in [0.3, 0.4) is 0 Å². The molecule has 5 nitrogen and oxygen atoms in total. The van der Waals surface area contributed by atoms with Gasteiger partial charge in [0.25, 0.3) is 0 Å². The number of rotatable bonds is 5.